The first-order valence-electron chi connectivity index (χ1n) is 32.0. The second-order valence-electron chi connectivity index (χ2n) is 22.0. The van der Waals surface area contributed by atoms with Gasteiger partial charge in [-0.05, 0) is 77.0 Å². The van der Waals surface area contributed by atoms with E-state index in [1.807, 2.05) is 0 Å². The fourth-order valence-electron chi connectivity index (χ4n) is 9.75. The van der Waals surface area contributed by atoms with Crippen molar-refractivity contribution in [2.45, 2.75) is 340 Å². The minimum atomic E-state index is -1.90. The van der Waals surface area contributed by atoms with Crippen LogP contribution < -0.4 is 0 Å². The van der Waals surface area contributed by atoms with Gasteiger partial charge in [0.05, 0.1) is 6.61 Å². The Balaban J connectivity index is 2.64. The molecule has 0 radical (unpaired) electrons. The molecular weight excluding hydrogens is 973 g/mol. The Bertz CT molecular complexity index is 1480. The molecule has 1 heterocycles. The second kappa shape index (κ2) is 53.6. The van der Waals surface area contributed by atoms with E-state index in [0.29, 0.717) is 19.3 Å². The Morgan fingerprint density at radius 2 is 0.779 bits per heavy atom. The highest BCUT2D eigenvalue weighted by molar-refractivity contribution is 5.74. The molecule has 0 aliphatic carbocycles. The molecule has 0 aromatic rings. The molecule has 6 unspecified atom stereocenters. The van der Waals surface area contributed by atoms with Crippen LogP contribution in [0.5, 0.6) is 0 Å². The van der Waals surface area contributed by atoms with E-state index < -0.39 is 67.3 Å². The summed E-state index contributed by atoms with van der Waals surface area (Å²) in [6, 6.07) is 0. The van der Waals surface area contributed by atoms with Crippen LogP contribution in [0.2, 0.25) is 0 Å². The summed E-state index contributed by atoms with van der Waals surface area (Å²) < 4.78 is 28.5. The topological polar surface area (TPSA) is 175 Å². The number of hydrogen-bond donors (Lipinski definition) is 3. The molecule has 3 N–H and O–H groups in total. The minimum absolute atomic E-state index is 0.0639. The molecule has 448 valence electrons. The van der Waals surface area contributed by atoms with Crippen molar-refractivity contribution in [1.82, 2.24) is 0 Å². The van der Waals surface area contributed by atoms with Crippen molar-refractivity contribution < 1.29 is 58.2 Å². The maximum atomic E-state index is 13.1. The Morgan fingerprint density at radius 3 is 1.22 bits per heavy atom. The molecule has 1 fully saturated rings. The van der Waals surface area contributed by atoms with Gasteiger partial charge in [0.15, 0.2) is 24.6 Å². The molecule has 0 aromatic carbocycles. The number of ether oxygens (including phenoxy) is 5. The molecule has 12 nitrogen and oxygen atoms in total. The molecule has 1 aliphatic rings. The summed E-state index contributed by atoms with van der Waals surface area (Å²) in [5.74, 6) is -3.12. The van der Waals surface area contributed by atoms with E-state index in [1.54, 1.807) is 0 Å². The van der Waals surface area contributed by atoms with E-state index in [4.69, 9.17) is 23.7 Å². The third-order valence-corrected chi connectivity index (χ3v) is 14.7. The first-order chi connectivity index (χ1) is 37.6. The monoisotopic (exact) mass is 1090 g/mol. The van der Waals surface area contributed by atoms with Crippen molar-refractivity contribution in [3.8, 4) is 0 Å². The highest BCUT2D eigenvalue weighted by atomic mass is 16.7. The number of esters is 3. The van der Waals surface area contributed by atoms with Crippen LogP contribution >= 0.6 is 0 Å². The third-order valence-electron chi connectivity index (χ3n) is 14.7. The highest BCUT2D eigenvalue weighted by Gasteiger charge is 2.50. The number of carbonyl (C=O) groups is 4. The fraction of sp³-hybridized carbons (Fsp3) is 0.846. The number of aliphatic carboxylic acids is 1. The summed E-state index contributed by atoms with van der Waals surface area (Å²) >= 11 is 0. The van der Waals surface area contributed by atoms with Crippen molar-refractivity contribution in [1.29, 1.82) is 0 Å². The summed E-state index contributed by atoms with van der Waals surface area (Å²) in [6.07, 6.45) is 51.1. The molecule has 0 bridgehead atoms. The van der Waals surface area contributed by atoms with Crippen LogP contribution in [-0.4, -0.2) is 89.2 Å². The predicted octanol–water partition coefficient (Wildman–Crippen LogP) is 16.8. The molecule has 1 saturated heterocycles. The van der Waals surface area contributed by atoms with Crippen molar-refractivity contribution >= 4 is 23.9 Å². The maximum Gasteiger partial charge on any atom is 0.335 e. The Kier molecular flexibility index (Phi) is 50.1. The average Bonchev–Trinajstić information content (AvgIpc) is 3.42. The number of carboxylic acids is 1. The maximum absolute atomic E-state index is 13.1. The SMILES string of the molecule is CCCCC/C=C\C/C=C\CCCCCCCC(=O)OCC(COC1OC(C(=O)O)C(O)C(O)C1OC(=O)CCCCCCCCCCCCCCCCCCCCC)OC(=O)CCCCCCC/C=C\CCCCCC. The Labute approximate surface area is 470 Å². The zero-order valence-corrected chi connectivity index (χ0v) is 49.5. The largest absolute Gasteiger partial charge is 0.479 e. The third kappa shape index (κ3) is 43.4. The molecule has 0 aromatic heterocycles. The van der Waals surface area contributed by atoms with E-state index >= 15 is 0 Å². The number of unbranched alkanes of at least 4 members (excludes halogenated alkanes) is 35. The van der Waals surface area contributed by atoms with Gasteiger partial charge >= 0.3 is 23.9 Å². The molecule has 0 saturated carbocycles. The van der Waals surface area contributed by atoms with E-state index in [-0.39, 0.29) is 25.9 Å². The van der Waals surface area contributed by atoms with Gasteiger partial charge in [-0.3, -0.25) is 14.4 Å². The number of rotatable bonds is 55. The first kappa shape index (κ1) is 72.0. The smallest absolute Gasteiger partial charge is 0.335 e. The fourth-order valence-corrected chi connectivity index (χ4v) is 9.75. The van der Waals surface area contributed by atoms with Gasteiger partial charge < -0.3 is 39.0 Å². The van der Waals surface area contributed by atoms with Gasteiger partial charge in [0.25, 0.3) is 0 Å². The zero-order chi connectivity index (χ0) is 56.1. The van der Waals surface area contributed by atoms with Crippen LogP contribution in [0, 0.1) is 0 Å². The van der Waals surface area contributed by atoms with E-state index in [9.17, 15) is 34.5 Å². The van der Waals surface area contributed by atoms with Crippen molar-refractivity contribution in [2.24, 2.45) is 0 Å². The van der Waals surface area contributed by atoms with Crippen LogP contribution in [0.25, 0.3) is 0 Å². The lowest BCUT2D eigenvalue weighted by molar-refractivity contribution is -0.301. The predicted molar refractivity (Wildman–Crippen MR) is 313 cm³/mol. The molecule has 6 atom stereocenters. The number of aliphatic hydroxyl groups is 2. The molecule has 1 rings (SSSR count). The van der Waals surface area contributed by atoms with Gasteiger partial charge in [-0.1, -0.05) is 243 Å². The van der Waals surface area contributed by atoms with Crippen LogP contribution in [0.15, 0.2) is 36.5 Å². The highest BCUT2D eigenvalue weighted by Crippen LogP contribution is 2.27. The van der Waals surface area contributed by atoms with Crippen LogP contribution in [-0.2, 0) is 42.9 Å². The molecule has 0 spiro atoms. The Morgan fingerprint density at radius 1 is 0.429 bits per heavy atom. The van der Waals surface area contributed by atoms with Crippen LogP contribution in [0.4, 0.5) is 0 Å². The summed E-state index contributed by atoms with van der Waals surface area (Å²) in [5.41, 5.74) is 0. The summed E-state index contributed by atoms with van der Waals surface area (Å²) in [7, 11) is 0. The van der Waals surface area contributed by atoms with Gasteiger partial charge in [-0.15, -0.1) is 0 Å². The second-order valence-corrected chi connectivity index (χ2v) is 22.0. The van der Waals surface area contributed by atoms with E-state index in [2.05, 4.69) is 57.2 Å². The van der Waals surface area contributed by atoms with Gasteiger partial charge in [0, 0.05) is 19.3 Å². The van der Waals surface area contributed by atoms with Crippen molar-refractivity contribution in [2.75, 3.05) is 13.2 Å². The lowest BCUT2D eigenvalue weighted by atomic mass is 9.98. The first-order valence-corrected chi connectivity index (χ1v) is 32.0. The molecule has 77 heavy (non-hydrogen) atoms. The molecule has 1 aliphatic heterocycles. The van der Waals surface area contributed by atoms with Gasteiger partial charge in [-0.2, -0.15) is 0 Å². The number of allylic oxidation sites excluding steroid dienone is 6. The van der Waals surface area contributed by atoms with Crippen molar-refractivity contribution in [3.05, 3.63) is 36.5 Å². The lowest BCUT2D eigenvalue weighted by Crippen LogP contribution is -2.61. The minimum Gasteiger partial charge on any atom is -0.479 e. The summed E-state index contributed by atoms with van der Waals surface area (Å²) in [5, 5.41) is 31.6. The van der Waals surface area contributed by atoms with Gasteiger partial charge in [0.2, 0.25) is 0 Å². The van der Waals surface area contributed by atoms with Crippen molar-refractivity contribution in [3.63, 3.8) is 0 Å². The lowest BCUT2D eigenvalue weighted by Gasteiger charge is -2.40. The van der Waals surface area contributed by atoms with Crippen LogP contribution in [0.3, 0.4) is 0 Å². The van der Waals surface area contributed by atoms with Crippen LogP contribution in [0.1, 0.15) is 303 Å². The molecule has 0 amide bonds. The Hall–Kier alpha value is -3.06. The average molecular weight is 1090 g/mol. The quantitative estimate of drug-likeness (QED) is 0.0228. The standard InChI is InChI=1S/C65H116O12/c1-4-7-10-13-16-19-22-25-27-28-29-30-32-35-38-41-44-47-50-53-59(68)76-63-61(70)60(69)62(64(71)72)77-65(63)74-55-56(75-58(67)52-49-46-43-40-37-33-24-21-18-15-12-9-6-3)54-73-57(66)51-48-45-42-39-36-34-31-26-23-20-17-14-11-8-5-2/h17,20-21,24,26,31,56,60-63,65,69-70H,4-16,18-19,22-23,25,27-30,32-55H2,1-3H3,(H,71,72)/b20-17-,24-21-,31-26-. The molecule has 12 heteroatoms. The van der Waals surface area contributed by atoms with E-state index in [0.717, 1.165) is 103 Å². The van der Waals surface area contributed by atoms with Gasteiger partial charge in [-0.25, -0.2) is 4.79 Å². The normalized spacial score (nSPS) is 18.2. The molecular formula is C65H116O12. The number of carboxylic acid groups (broad SMARTS) is 1. The van der Waals surface area contributed by atoms with E-state index in [1.165, 1.54) is 141 Å². The zero-order valence-electron chi connectivity index (χ0n) is 49.5. The number of aliphatic hydroxyl groups excluding tert-OH is 2. The summed E-state index contributed by atoms with van der Waals surface area (Å²) in [6.45, 7) is 5.97. The number of hydrogen-bond acceptors (Lipinski definition) is 11. The number of carbonyl (C=O) groups excluding carboxylic acids is 3. The van der Waals surface area contributed by atoms with Gasteiger partial charge in [0.1, 0.15) is 18.8 Å². The summed E-state index contributed by atoms with van der Waals surface area (Å²) in [4.78, 5) is 51.2.